The molecule has 1 heterocycles. The number of carbonyl (C=O) groups is 2. The number of hydrogen-bond donors (Lipinski definition) is 2. The molecule has 0 aliphatic carbocycles. The number of halogens is 3. The third kappa shape index (κ3) is 2.83. The smallest absolute Gasteiger partial charge is 0.262 e. The quantitative estimate of drug-likeness (QED) is 0.735. The maximum absolute atomic E-state index is 14.6. The van der Waals surface area contributed by atoms with E-state index in [9.17, 15) is 27.9 Å². The summed E-state index contributed by atoms with van der Waals surface area (Å²) in [5, 5.41) is 9.58. The summed E-state index contributed by atoms with van der Waals surface area (Å²) in [7, 11) is 0. The van der Waals surface area contributed by atoms with Crippen molar-refractivity contribution in [1.82, 2.24) is 4.57 Å². The van der Waals surface area contributed by atoms with Crippen LogP contribution in [0.5, 0.6) is 5.75 Å². The second kappa shape index (κ2) is 6.46. The molecule has 0 bridgehead atoms. The lowest BCUT2D eigenvalue weighted by Gasteiger charge is -2.10. The van der Waals surface area contributed by atoms with E-state index in [1.807, 2.05) is 0 Å². The molecule has 0 spiro atoms. The predicted molar refractivity (Wildman–Crippen MR) is 92.0 cm³/mol. The first-order valence-corrected chi connectivity index (χ1v) is 7.96. The molecule has 2 aromatic carbocycles. The summed E-state index contributed by atoms with van der Waals surface area (Å²) in [5.74, 6) is -6.43. The Kier molecular flexibility index (Phi) is 4.43. The van der Waals surface area contributed by atoms with E-state index in [0.717, 1.165) is 28.8 Å². The number of carbonyl (C=O) groups excluding carboxylic acids is 2. The first-order chi connectivity index (χ1) is 12.6. The molecule has 0 radical (unpaired) electrons. The zero-order valence-electron chi connectivity index (χ0n) is 14.4. The Morgan fingerprint density at radius 2 is 1.78 bits per heavy atom. The average molecular weight is 376 g/mol. The van der Waals surface area contributed by atoms with Crippen LogP contribution in [0.25, 0.3) is 10.9 Å². The first kappa shape index (κ1) is 18.5. The van der Waals surface area contributed by atoms with Gasteiger partial charge in [-0.15, -0.1) is 0 Å². The summed E-state index contributed by atoms with van der Waals surface area (Å²) in [6.07, 6.45) is 0. The van der Waals surface area contributed by atoms with Crippen molar-refractivity contribution in [3.63, 3.8) is 0 Å². The van der Waals surface area contributed by atoms with Crippen molar-refractivity contribution in [2.24, 2.45) is 5.73 Å². The molecule has 0 aliphatic heterocycles. The Morgan fingerprint density at radius 3 is 2.37 bits per heavy atom. The van der Waals surface area contributed by atoms with E-state index in [-0.39, 0.29) is 27.7 Å². The van der Waals surface area contributed by atoms with Crippen molar-refractivity contribution in [2.45, 2.75) is 19.8 Å². The van der Waals surface area contributed by atoms with E-state index in [1.54, 1.807) is 0 Å². The number of fused-ring (bicyclic) bond motifs is 1. The second-order valence-electron chi connectivity index (χ2n) is 6.19. The predicted octanol–water partition coefficient (Wildman–Crippen LogP) is 3.35. The summed E-state index contributed by atoms with van der Waals surface area (Å²) in [4.78, 5) is 24.6. The van der Waals surface area contributed by atoms with Crippen LogP contribution in [0.2, 0.25) is 0 Å². The Labute approximate surface area is 151 Å². The number of rotatable bonds is 3. The van der Waals surface area contributed by atoms with Crippen LogP contribution in [0.1, 0.15) is 34.5 Å². The van der Waals surface area contributed by atoms with Crippen molar-refractivity contribution in [2.75, 3.05) is 0 Å². The van der Waals surface area contributed by atoms with Crippen LogP contribution in [0.15, 0.2) is 30.3 Å². The van der Waals surface area contributed by atoms with E-state index in [1.165, 1.54) is 19.9 Å². The molecule has 27 heavy (non-hydrogen) atoms. The number of primary amides is 1. The fraction of sp³-hybridized carbons (Fsp3) is 0.158. The molecule has 1 aromatic heterocycles. The van der Waals surface area contributed by atoms with Gasteiger partial charge in [0.15, 0.2) is 23.2 Å². The number of nitrogens with zero attached hydrogens (tertiary/aromatic N) is 1. The molecule has 3 aromatic rings. The molecule has 140 valence electrons. The number of aromatic hydroxyl groups is 1. The summed E-state index contributed by atoms with van der Waals surface area (Å²) < 4.78 is 42.4. The van der Waals surface area contributed by atoms with Crippen LogP contribution in [0, 0.1) is 24.4 Å². The third-order valence-corrected chi connectivity index (χ3v) is 4.56. The fourth-order valence-corrected chi connectivity index (χ4v) is 3.17. The standard InChI is InChI=1S/C19H15F3N2O3/c1-8(18(23)26)15-9(2)24(13-5-6-14(25)17(22)16(13)15)19(27)10-3-4-11(20)12(21)7-10/h3-8,25H,1-2H3,(H2,23,26). The SMILES string of the molecule is Cc1c(C(C)C(N)=O)c2c(F)c(O)ccc2n1C(=O)c1ccc(F)c(F)c1. The first-order valence-electron chi connectivity index (χ1n) is 7.96. The van der Waals surface area contributed by atoms with Gasteiger partial charge in [-0.05, 0) is 49.7 Å². The van der Waals surface area contributed by atoms with Crippen molar-refractivity contribution in [1.29, 1.82) is 0 Å². The highest BCUT2D eigenvalue weighted by Gasteiger charge is 2.28. The Bertz CT molecular complexity index is 1110. The summed E-state index contributed by atoms with van der Waals surface area (Å²) in [6.45, 7) is 2.92. The molecule has 0 saturated heterocycles. The highest BCUT2D eigenvalue weighted by molar-refractivity contribution is 6.05. The van der Waals surface area contributed by atoms with Gasteiger partial charge >= 0.3 is 0 Å². The van der Waals surface area contributed by atoms with Gasteiger partial charge in [-0.25, -0.2) is 13.2 Å². The van der Waals surface area contributed by atoms with E-state index in [2.05, 4.69) is 0 Å². The molecule has 1 atom stereocenters. The van der Waals surface area contributed by atoms with Gasteiger partial charge in [0.25, 0.3) is 5.91 Å². The molecule has 3 N–H and O–H groups in total. The van der Waals surface area contributed by atoms with Crippen LogP contribution in [-0.2, 0) is 4.79 Å². The van der Waals surface area contributed by atoms with Gasteiger partial charge in [0.2, 0.25) is 5.91 Å². The number of amides is 1. The lowest BCUT2D eigenvalue weighted by Crippen LogP contribution is -2.20. The molecule has 1 unspecified atom stereocenters. The van der Waals surface area contributed by atoms with Crippen LogP contribution in [0.4, 0.5) is 13.2 Å². The lowest BCUT2D eigenvalue weighted by molar-refractivity contribution is -0.119. The van der Waals surface area contributed by atoms with Gasteiger partial charge in [-0.3, -0.25) is 14.2 Å². The highest BCUT2D eigenvalue weighted by atomic mass is 19.2. The topological polar surface area (TPSA) is 85.3 Å². The van der Waals surface area contributed by atoms with Crippen LogP contribution >= 0.6 is 0 Å². The number of benzene rings is 2. The van der Waals surface area contributed by atoms with Crippen molar-refractivity contribution >= 4 is 22.7 Å². The molecule has 1 amide bonds. The van der Waals surface area contributed by atoms with Crippen molar-refractivity contribution in [3.8, 4) is 5.75 Å². The molecule has 5 nitrogen and oxygen atoms in total. The molecular weight excluding hydrogens is 361 g/mol. The number of hydrogen-bond acceptors (Lipinski definition) is 3. The summed E-state index contributed by atoms with van der Waals surface area (Å²) in [6, 6.07) is 5.00. The Hall–Kier alpha value is -3.29. The summed E-state index contributed by atoms with van der Waals surface area (Å²) >= 11 is 0. The largest absolute Gasteiger partial charge is 0.505 e. The van der Waals surface area contributed by atoms with E-state index >= 15 is 0 Å². The average Bonchev–Trinajstić information content (AvgIpc) is 2.91. The number of phenols is 1. The molecule has 8 heteroatoms. The van der Waals surface area contributed by atoms with E-state index < -0.39 is 40.9 Å². The van der Waals surface area contributed by atoms with Gasteiger partial charge < -0.3 is 10.8 Å². The maximum Gasteiger partial charge on any atom is 0.262 e. The van der Waals surface area contributed by atoms with Gasteiger partial charge in [-0.2, -0.15) is 0 Å². The maximum atomic E-state index is 14.6. The zero-order valence-corrected chi connectivity index (χ0v) is 14.4. The van der Waals surface area contributed by atoms with Crippen LogP contribution < -0.4 is 5.73 Å². The highest BCUT2D eigenvalue weighted by Crippen LogP contribution is 2.37. The molecular formula is C19H15F3N2O3. The molecule has 0 aliphatic rings. The van der Waals surface area contributed by atoms with E-state index in [0.29, 0.717) is 0 Å². The number of aromatic nitrogens is 1. The lowest BCUT2D eigenvalue weighted by atomic mass is 9.97. The second-order valence-corrected chi connectivity index (χ2v) is 6.19. The van der Waals surface area contributed by atoms with Crippen LogP contribution in [0.3, 0.4) is 0 Å². The molecule has 3 rings (SSSR count). The minimum atomic E-state index is -1.20. The number of phenolic OH excluding ortho intramolecular Hbond substituents is 1. The Balaban J connectivity index is 2.35. The summed E-state index contributed by atoms with van der Waals surface area (Å²) in [5.41, 5.74) is 5.59. The van der Waals surface area contributed by atoms with Gasteiger partial charge in [-0.1, -0.05) is 0 Å². The normalized spacial score (nSPS) is 12.3. The monoisotopic (exact) mass is 376 g/mol. The van der Waals surface area contributed by atoms with Gasteiger partial charge in [0, 0.05) is 16.6 Å². The minimum absolute atomic E-state index is 0.0700. The van der Waals surface area contributed by atoms with Gasteiger partial charge in [0.1, 0.15) is 0 Å². The van der Waals surface area contributed by atoms with Crippen LogP contribution in [-0.4, -0.2) is 21.5 Å². The molecule has 0 saturated carbocycles. The number of nitrogens with two attached hydrogens (primary N) is 1. The third-order valence-electron chi connectivity index (χ3n) is 4.56. The zero-order chi connectivity index (χ0) is 20.0. The van der Waals surface area contributed by atoms with Gasteiger partial charge in [0.05, 0.1) is 11.4 Å². The Morgan fingerprint density at radius 1 is 1.11 bits per heavy atom. The van der Waals surface area contributed by atoms with E-state index in [4.69, 9.17) is 5.73 Å². The van der Waals surface area contributed by atoms with Crippen molar-refractivity contribution < 1.29 is 27.9 Å². The van der Waals surface area contributed by atoms with Crippen molar-refractivity contribution in [3.05, 3.63) is 64.6 Å². The molecule has 0 fully saturated rings. The minimum Gasteiger partial charge on any atom is -0.505 e. The fourth-order valence-electron chi connectivity index (χ4n) is 3.17.